The van der Waals surface area contributed by atoms with Gasteiger partial charge in [-0.15, -0.1) is 0 Å². The van der Waals surface area contributed by atoms with Gasteiger partial charge in [0.1, 0.15) is 5.69 Å². The fourth-order valence-electron chi connectivity index (χ4n) is 2.73. The zero-order valence-corrected chi connectivity index (χ0v) is 12.0. The fourth-order valence-corrected chi connectivity index (χ4v) is 2.73. The van der Waals surface area contributed by atoms with Gasteiger partial charge in [-0.3, -0.25) is 4.79 Å². The molecule has 2 rings (SSSR count). The van der Waals surface area contributed by atoms with E-state index < -0.39 is 12.1 Å². The molecular weight excluding hydrogens is 283 g/mol. The molecule has 0 radical (unpaired) electrons. The van der Waals surface area contributed by atoms with E-state index in [2.05, 4.69) is 0 Å². The molecular formula is C14H20F3N3O. The molecule has 1 aromatic rings. The Kier molecular flexibility index (Phi) is 4.49. The Morgan fingerprint density at radius 1 is 1.48 bits per heavy atom. The van der Waals surface area contributed by atoms with E-state index in [1.807, 2.05) is 6.92 Å². The van der Waals surface area contributed by atoms with Crippen molar-refractivity contribution in [1.29, 1.82) is 0 Å². The van der Waals surface area contributed by atoms with Crippen LogP contribution in [0.15, 0.2) is 12.3 Å². The number of aryl methyl sites for hydroxylation is 1. The molecule has 1 fully saturated rings. The molecule has 7 heteroatoms. The maximum absolute atomic E-state index is 12.8. The molecule has 0 bridgehead atoms. The molecule has 0 saturated carbocycles. The minimum absolute atomic E-state index is 0.0887. The molecule has 1 aromatic heterocycles. The molecule has 2 N–H and O–H groups in total. The minimum atomic E-state index is -4.25. The number of halogens is 3. The number of carbonyl (C=O) groups excluding carboxylic acids is 1. The topological polar surface area (TPSA) is 51.3 Å². The first-order valence-electron chi connectivity index (χ1n) is 7.14. The summed E-state index contributed by atoms with van der Waals surface area (Å²) in [6, 6.07) is 1.54. The highest BCUT2D eigenvalue weighted by atomic mass is 19.4. The van der Waals surface area contributed by atoms with Gasteiger partial charge >= 0.3 is 6.18 Å². The average molecular weight is 303 g/mol. The van der Waals surface area contributed by atoms with Gasteiger partial charge < -0.3 is 15.2 Å². The van der Waals surface area contributed by atoms with E-state index in [0.29, 0.717) is 30.9 Å². The summed E-state index contributed by atoms with van der Waals surface area (Å²) in [6.07, 6.45) is -1.31. The van der Waals surface area contributed by atoms with Gasteiger partial charge in [-0.05, 0) is 25.3 Å². The van der Waals surface area contributed by atoms with Gasteiger partial charge in [0.2, 0.25) is 0 Å². The monoisotopic (exact) mass is 303 g/mol. The second-order valence-corrected chi connectivity index (χ2v) is 5.48. The summed E-state index contributed by atoms with van der Waals surface area (Å²) in [5, 5.41) is 0. The SMILES string of the molecule is CCCn1cc(N)cc1C(=O)N1CCCC(C(F)(F)F)C1. The first-order chi connectivity index (χ1) is 9.82. The first-order valence-corrected chi connectivity index (χ1v) is 7.14. The van der Waals surface area contributed by atoms with Crippen molar-refractivity contribution in [1.82, 2.24) is 9.47 Å². The molecule has 0 spiro atoms. The predicted octanol–water partition coefficient (Wildman–Crippen LogP) is 2.89. The lowest BCUT2D eigenvalue weighted by atomic mass is 9.97. The van der Waals surface area contributed by atoms with Crippen LogP contribution in [0.4, 0.5) is 18.9 Å². The number of likely N-dealkylation sites (tertiary alicyclic amines) is 1. The fraction of sp³-hybridized carbons (Fsp3) is 0.643. The Hall–Kier alpha value is -1.66. The van der Waals surface area contributed by atoms with E-state index in [4.69, 9.17) is 5.73 Å². The zero-order valence-electron chi connectivity index (χ0n) is 12.0. The highest BCUT2D eigenvalue weighted by Crippen LogP contribution is 2.33. The third-order valence-corrected chi connectivity index (χ3v) is 3.77. The molecule has 1 saturated heterocycles. The van der Waals surface area contributed by atoms with Crippen LogP contribution in [-0.2, 0) is 6.54 Å². The van der Waals surface area contributed by atoms with E-state index in [1.165, 1.54) is 11.0 Å². The van der Waals surface area contributed by atoms with Crippen LogP contribution in [0.25, 0.3) is 0 Å². The molecule has 0 aliphatic carbocycles. The van der Waals surface area contributed by atoms with Crippen LogP contribution in [0.5, 0.6) is 0 Å². The Morgan fingerprint density at radius 2 is 2.19 bits per heavy atom. The number of anilines is 1. The summed E-state index contributed by atoms with van der Waals surface area (Å²) in [6.45, 7) is 2.68. The summed E-state index contributed by atoms with van der Waals surface area (Å²) in [5.74, 6) is -1.80. The van der Waals surface area contributed by atoms with Crippen molar-refractivity contribution in [2.45, 2.75) is 38.9 Å². The molecule has 21 heavy (non-hydrogen) atoms. The second-order valence-electron chi connectivity index (χ2n) is 5.48. The standard InChI is InChI=1S/C14H20F3N3O/c1-2-5-19-9-11(18)7-12(19)13(21)20-6-3-4-10(8-20)14(15,16)17/h7,9-10H,2-6,8,18H2,1H3. The van der Waals surface area contributed by atoms with Gasteiger partial charge in [-0.25, -0.2) is 0 Å². The molecule has 1 aliphatic rings. The summed E-state index contributed by atoms with van der Waals surface area (Å²) in [7, 11) is 0. The van der Waals surface area contributed by atoms with E-state index in [9.17, 15) is 18.0 Å². The highest BCUT2D eigenvalue weighted by Gasteiger charge is 2.43. The summed E-state index contributed by atoms with van der Waals surface area (Å²) >= 11 is 0. The third kappa shape index (κ3) is 3.51. The molecule has 1 atom stereocenters. The average Bonchev–Trinajstić information content (AvgIpc) is 2.78. The number of hydrogen-bond acceptors (Lipinski definition) is 2. The molecule has 4 nitrogen and oxygen atoms in total. The van der Waals surface area contributed by atoms with Gasteiger partial charge in [0, 0.05) is 25.8 Å². The van der Waals surface area contributed by atoms with Crippen LogP contribution in [0, 0.1) is 5.92 Å². The highest BCUT2D eigenvalue weighted by molar-refractivity contribution is 5.94. The van der Waals surface area contributed by atoms with Crippen molar-refractivity contribution >= 4 is 11.6 Å². The molecule has 1 aliphatic heterocycles. The van der Waals surface area contributed by atoms with Crippen molar-refractivity contribution in [3.63, 3.8) is 0 Å². The van der Waals surface area contributed by atoms with Crippen LogP contribution in [0.3, 0.4) is 0 Å². The van der Waals surface area contributed by atoms with Crippen molar-refractivity contribution in [3.05, 3.63) is 18.0 Å². The predicted molar refractivity (Wildman–Crippen MR) is 73.8 cm³/mol. The maximum atomic E-state index is 12.8. The smallest absolute Gasteiger partial charge is 0.393 e. The van der Waals surface area contributed by atoms with E-state index in [-0.39, 0.29) is 18.9 Å². The molecule has 1 unspecified atom stereocenters. The summed E-state index contributed by atoms with van der Waals surface area (Å²) in [4.78, 5) is 13.8. The number of alkyl halides is 3. The van der Waals surface area contributed by atoms with Crippen LogP contribution in [0.2, 0.25) is 0 Å². The number of nitrogen functional groups attached to an aromatic ring is 1. The van der Waals surface area contributed by atoms with E-state index >= 15 is 0 Å². The van der Waals surface area contributed by atoms with Crippen molar-refractivity contribution in [3.8, 4) is 0 Å². The Labute approximate surface area is 121 Å². The molecule has 2 heterocycles. The van der Waals surface area contributed by atoms with Gasteiger partial charge in [0.05, 0.1) is 11.6 Å². The van der Waals surface area contributed by atoms with Gasteiger partial charge in [-0.2, -0.15) is 13.2 Å². The number of piperidine rings is 1. The molecule has 1 amide bonds. The number of carbonyl (C=O) groups is 1. The van der Waals surface area contributed by atoms with Crippen LogP contribution in [-0.4, -0.2) is 34.6 Å². The van der Waals surface area contributed by atoms with Crippen LogP contribution < -0.4 is 5.73 Å². The first kappa shape index (κ1) is 15.7. The van der Waals surface area contributed by atoms with Gasteiger partial charge in [0.25, 0.3) is 5.91 Å². The number of nitrogens with two attached hydrogens (primary N) is 1. The Morgan fingerprint density at radius 3 is 2.81 bits per heavy atom. The lowest BCUT2D eigenvalue weighted by Crippen LogP contribution is -2.45. The molecule has 0 aromatic carbocycles. The largest absolute Gasteiger partial charge is 0.397 e. The van der Waals surface area contributed by atoms with Crippen molar-refractivity contribution in [2.24, 2.45) is 5.92 Å². The third-order valence-electron chi connectivity index (χ3n) is 3.77. The Bertz CT molecular complexity index is 510. The number of aromatic nitrogens is 1. The van der Waals surface area contributed by atoms with Crippen LogP contribution in [0.1, 0.15) is 36.7 Å². The summed E-state index contributed by atoms with van der Waals surface area (Å²) < 4.78 is 40.2. The van der Waals surface area contributed by atoms with Crippen molar-refractivity contribution in [2.75, 3.05) is 18.8 Å². The quantitative estimate of drug-likeness (QED) is 0.933. The number of hydrogen-bond donors (Lipinski definition) is 1. The van der Waals surface area contributed by atoms with Crippen molar-refractivity contribution < 1.29 is 18.0 Å². The number of nitrogens with zero attached hydrogens (tertiary/aromatic N) is 2. The molecule has 118 valence electrons. The van der Waals surface area contributed by atoms with E-state index in [1.54, 1.807) is 10.8 Å². The zero-order chi connectivity index (χ0) is 15.6. The van der Waals surface area contributed by atoms with Gasteiger partial charge in [-0.1, -0.05) is 6.92 Å². The Balaban J connectivity index is 2.16. The normalized spacial score (nSPS) is 19.8. The number of rotatable bonds is 3. The number of amides is 1. The lowest BCUT2D eigenvalue weighted by molar-refractivity contribution is -0.184. The summed E-state index contributed by atoms with van der Waals surface area (Å²) in [5.41, 5.74) is 6.53. The minimum Gasteiger partial charge on any atom is -0.397 e. The second kappa shape index (κ2) is 5.99. The van der Waals surface area contributed by atoms with Gasteiger partial charge in [0.15, 0.2) is 0 Å². The van der Waals surface area contributed by atoms with Crippen LogP contribution >= 0.6 is 0 Å². The maximum Gasteiger partial charge on any atom is 0.393 e. The van der Waals surface area contributed by atoms with E-state index in [0.717, 1.165) is 6.42 Å². The lowest BCUT2D eigenvalue weighted by Gasteiger charge is -2.33.